The summed E-state index contributed by atoms with van der Waals surface area (Å²) >= 11 is 0. The molecule has 55 heavy (non-hydrogen) atoms. The van der Waals surface area contributed by atoms with Crippen LogP contribution in [-0.4, -0.2) is 68.9 Å². The molecule has 0 unspecified atom stereocenters. The van der Waals surface area contributed by atoms with E-state index in [2.05, 4.69) is 15.4 Å². The highest BCUT2D eigenvalue weighted by molar-refractivity contribution is 7.91. The van der Waals surface area contributed by atoms with Crippen molar-refractivity contribution in [1.29, 1.82) is 0 Å². The van der Waals surface area contributed by atoms with Crippen LogP contribution in [0.25, 0.3) is 5.65 Å². The van der Waals surface area contributed by atoms with Crippen LogP contribution in [-0.2, 0) is 37.1 Å². The highest BCUT2D eigenvalue weighted by atomic mass is 32.2. The molecule has 1 aliphatic rings. The Balaban J connectivity index is 0.000000260. The van der Waals surface area contributed by atoms with Gasteiger partial charge in [0.15, 0.2) is 21.2 Å². The van der Waals surface area contributed by atoms with Gasteiger partial charge in [0, 0.05) is 18.7 Å². The molecule has 0 saturated heterocycles. The van der Waals surface area contributed by atoms with Gasteiger partial charge in [0.2, 0.25) is 0 Å². The van der Waals surface area contributed by atoms with Crippen LogP contribution in [0.3, 0.4) is 0 Å². The molecule has 0 aliphatic heterocycles. The van der Waals surface area contributed by atoms with Crippen molar-refractivity contribution < 1.29 is 42.2 Å². The number of benzene rings is 2. The van der Waals surface area contributed by atoms with Gasteiger partial charge >= 0.3 is 17.9 Å². The predicted molar refractivity (Wildman–Crippen MR) is 205 cm³/mol. The third-order valence-corrected chi connectivity index (χ3v) is 10.6. The summed E-state index contributed by atoms with van der Waals surface area (Å²) in [6, 6.07) is 12.5. The summed E-state index contributed by atoms with van der Waals surface area (Å²) in [5.74, 6) is -3.62. The summed E-state index contributed by atoms with van der Waals surface area (Å²) in [6.45, 7) is 16.7. The van der Waals surface area contributed by atoms with Crippen molar-refractivity contribution in [3.63, 3.8) is 0 Å². The van der Waals surface area contributed by atoms with Gasteiger partial charge in [-0.05, 0) is 108 Å². The van der Waals surface area contributed by atoms with Gasteiger partial charge in [-0.15, -0.1) is 0 Å². The zero-order chi connectivity index (χ0) is 41.0. The second-order valence-corrected chi connectivity index (χ2v) is 17.9. The number of amides is 1. The maximum Gasteiger partial charge on any atom is 0.354 e. The molecule has 5 rings (SSSR count). The maximum absolute atomic E-state index is 13.0. The van der Waals surface area contributed by atoms with E-state index in [0.29, 0.717) is 24.9 Å². The van der Waals surface area contributed by atoms with Crippen molar-refractivity contribution in [2.24, 2.45) is 17.6 Å². The van der Waals surface area contributed by atoms with E-state index in [9.17, 15) is 32.7 Å². The lowest BCUT2D eigenvalue weighted by molar-refractivity contribution is -0.160. The number of aromatic carboxylic acids is 1. The molecule has 2 atom stereocenters. The number of rotatable bonds is 10. The number of hydrogen-bond donors (Lipinski definition) is 3. The number of ether oxygens (including phenoxy) is 2. The molecule has 0 radical (unpaired) electrons. The molecular weight excluding hydrogens is 727 g/mol. The van der Waals surface area contributed by atoms with Crippen LogP contribution in [0.15, 0.2) is 59.6 Å². The number of sulfone groups is 1. The first-order valence-corrected chi connectivity index (χ1v) is 19.7. The van der Waals surface area contributed by atoms with Gasteiger partial charge in [-0.2, -0.15) is 5.10 Å². The number of aromatic nitrogens is 3. The number of nitrogens with two attached hydrogens (primary N) is 1. The molecular formula is C40H51N5O9S. The summed E-state index contributed by atoms with van der Waals surface area (Å²) in [7, 11) is -3.57. The number of carboxylic acid groups (broad SMARTS) is 1. The standard InChI is InChI=1S/C23H24N4O5.C17H27NO4S/c1-12-13-7-8-16(15(13)6-5-14(12)22(31)32-23(2,3)4)26-20(28)18-11-17(21(29)30)25-19-9-10-24-27(18)19;1-12(2)15(16(19)22-17(3,4)5)11-23(20,21)14-8-6-13(10-18)7-9-14/h5-6,9-11,16H,7-8H2,1-4H3,(H,26,28)(H,29,30);6-9,12,15H,10-11,18H2,1-5H3/t16-;15-/m01/s1. The number of hydrogen-bond acceptors (Lipinski definition) is 11. The van der Waals surface area contributed by atoms with Crippen LogP contribution in [0, 0.1) is 18.8 Å². The van der Waals surface area contributed by atoms with Gasteiger partial charge < -0.3 is 25.6 Å². The van der Waals surface area contributed by atoms with Crippen LogP contribution < -0.4 is 11.1 Å². The number of carbonyl (C=O) groups excluding carboxylic acids is 3. The number of fused-ring (bicyclic) bond motifs is 2. The fraction of sp³-hybridized carbons (Fsp3) is 0.450. The Hall–Kier alpha value is -5.15. The van der Waals surface area contributed by atoms with Crippen LogP contribution >= 0.6 is 0 Å². The van der Waals surface area contributed by atoms with Gasteiger partial charge in [0.25, 0.3) is 5.91 Å². The topological polar surface area (TPSA) is 209 Å². The van der Waals surface area contributed by atoms with Crippen molar-refractivity contribution in [2.75, 3.05) is 5.75 Å². The van der Waals surface area contributed by atoms with Crippen molar-refractivity contribution in [2.45, 2.75) is 104 Å². The lowest BCUT2D eigenvalue weighted by Crippen LogP contribution is -2.35. The molecule has 296 valence electrons. The SMILES string of the molecule is CC(C)[C@@H](CS(=O)(=O)c1ccc(CN)cc1)C(=O)OC(C)(C)C.Cc1c(C(=O)OC(C)(C)C)ccc2c1CC[C@@H]2NC(=O)c1cc(C(=O)O)nc2ccnn12. The van der Waals surface area contributed by atoms with Gasteiger partial charge in [0.05, 0.1) is 34.4 Å². The molecule has 0 fully saturated rings. The van der Waals surface area contributed by atoms with E-state index in [1.54, 1.807) is 39.0 Å². The van der Waals surface area contributed by atoms with Crippen molar-refractivity contribution in [1.82, 2.24) is 19.9 Å². The van der Waals surface area contributed by atoms with Gasteiger partial charge in [0.1, 0.15) is 16.9 Å². The van der Waals surface area contributed by atoms with Crippen molar-refractivity contribution in [3.05, 3.63) is 93.9 Å². The summed E-state index contributed by atoms with van der Waals surface area (Å²) in [5, 5.41) is 16.4. The van der Waals surface area contributed by atoms with Crippen LogP contribution in [0.2, 0.25) is 0 Å². The molecule has 14 nitrogen and oxygen atoms in total. The minimum atomic E-state index is -3.57. The van der Waals surface area contributed by atoms with Gasteiger partial charge in [-0.1, -0.05) is 32.0 Å². The molecule has 4 aromatic rings. The first-order valence-electron chi connectivity index (χ1n) is 18.0. The summed E-state index contributed by atoms with van der Waals surface area (Å²) in [5.41, 5.74) is 8.61. The number of nitrogens with one attached hydrogen (secondary N) is 1. The Morgan fingerprint density at radius 1 is 0.982 bits per heavy atom. The number of carbonyl (C=O) groups is 4. The molecule has 0 bridgehead atoms. The number of nitrogens with zero attached hydrogens (tertiary/aromatic N) is 3. The Morgan fingerprint density at radius 2 is 1.62 bits per heavy atom. The average molecular weight is 778 g/mol. The molecule has 1 amide bonds. The van der Waals surface area contributed by atoms with E-state index >= 15 is 0 Å². The smallest absolute Gasteiger partial charge is 0.354 e. The van der Waals surface area contributed by atoms with E-state index < -0.39 is 44.8 Å². The van der Waals surface area contributed by atoms with Gasteiger partial charge in [-0.3, -0.25) is 9.59 Å². The second-order valence-electron chi connectivity index (χ2n) is 15.8. The Kier molecular flexibility index (Phi) is 12.9. The Bertz CT molecular complexity index is 2180. The highest BCUT2D eigenvalue weighted by Crippen LogP contribution is 2.35. The molecule has 2 aromatic carbocycles. The van der Waals surface area contributed by atoms with Crippen molar-refractivity contribution in [3.8, 4) is 0 Å². The molecule has 1 aliphatic carbocycles. The summed E-state index contributed by atoms with van der Waals surface area (Å²) < 4.78 is 37.3. The summed E-state index contributed by atoms with van der Waals surface area (Å²) in [4.78, 5) is 53.5. The van der Waals surface area contributed by atoms with Crippen molar-refractivity contribution >= 4 is 39.3 Å². The third-order valence-electron chi connectivity index (χ3n) is 8.86. The number of carboxylic acids is 1. The first kappa shape index (κ1) is 42.6. The third kappa shape index (κ3) is 10.8. The number of esters is 2. The quantitative estimate of drug-likeness (QED) is 0.167. The molecule has 2 aromatic heterocycles. The Labute approximate surface area is 321 Å². The van der Waals surface area contributed by atoms with E-state index in [-0.39, 0.29) is 45.6 Å². The predicted octanol–water partition coefficient (Wildman–Crippen LogP) is 5.64. The Morgan fingerprint density at radius 3 is 2.18 bits per heavy atom. The normalized spacial score (nSPS) is 14.8. The summed E-state index contributed by atoms with van der Waals surface area (Å²) in [6.07, 6.45) is 2.83. The molecule has 0 saturated carbocycles. The minimum absolute atomic E-state index is 0.0907. The molecule has 0 spiro atoms. The zero-order valence-electron chi connectivity index (χ0n) is 32.8. The molecule has 15 heteroatoms. The highest BCUT2D eigenvalue weighted by Gasteiger charge is 2.33. The van der Waals surface area contributed by atoms with E-state index in [4.69, 9.17) is 15.2 Å². The van der Waals surface area contributed by atoms with Crippen LogP contribution in [0.5, 0.6) is 0 Å². The zero-order valence-corrected chi connectivity index (χ0v) is 33.6. The lowest BCUT2D eigenvalue weighted by atomic mass is 9.97. The van der Waals surface area contributed by atoms with Gasteiger partial charge in [-0.25, -0.2) is 27.5 Å². The molecule has 4 N–H and O–H groups in total. The van der Waals surface area contributed by atoms with E-state index in [1.165, 1.54) is 35.0 Å². The van der Waals surface area contributed by atoms with E-state index in [1.807, 2.05) is 47.6 Å². The van der Waals surface area contributed by atoms with E-state index in [0.717, 1.165) is 22.3 Å². The monoisotopic (exact) mass is 777 g/mol. The average Bonchev–Trinajstić information content (AvgIpc) is 3.73. The minimum Gasteiger partial charge on any atom is -0.477 e. The lowest BCUT2D eigenvalue weighted by Gasteiger charge is -2.25. The van der Waals surface area contributed by atoms with Crippen LogP contribution in [0.4, 0.5) is 0 Å². The fourth-order valence-corrected chi connectivity index (χ4v) is 7.81. The second kappa shape index (κ2) is 16.7. The fourth-order valence-electron chi connectivity index (χ4n) is 6.08. The van der Waals surface area contributed by atoms with Crippen LogP contribution in [0.1, 0.15) is 121 Å². The maximum atomic E-state index is 13.0. The first-order chi connectivity index (χ1) is 25.5. The largest absolute Gasteiger partial charge is 0.477 e. The molecule has 2 heterocycles.